The fourth-order valence-corrected chi connectivity index (χ4v) is 1.70. The summed E-state index contributed by atoms with van der Waals surface area (Å²) in [5, 5.41) is 14.3. The number of hydrogen-bond acceptors (Lipinski definition) is 2. The summed E-state index contributed by atoms with van der Waals surface area (Å²) >= 11 is 2.18. The van der Waals surface area contributed by atoms with Gasteiger partial charge in [-0.1, -0.05) is 6.92 Å². The van der Waals surface area contributed by atoms with Gasteiger partial charge in [0.15, 0.2) is 0 Å². The first kappa shape index (κ1) is 15.7. The Morgan fingerprint density at radius 3 is 2.37 bits per heavy atom. The van der Waals surface area contributed by atoms with Crippen LogP contribution in [0.1, 0.15) is 20.3 Å². The number of amides is 2. The van der Waals surface area contributed by atoms with Crippen molar-refractivity contribution in [2.45, 2.75) is 20.3 Å². The minimum absolute atomic E-state index is 0.0923. The Kier molecular flexibility index (Phi) is 5.59. The Morgan fingerprint density at radius 1 is 1.32 bits per heavy atom. The lowest BCUT2D eigenvalue weighted by atomic mass is 9.88. The molecule has 19 heavy (non-hydrogen) atoms. The highest BCUT2D eigenvalue weighted by Gasteiger charge is 2.31. The van der Waals surface area contributed by atoms with E-state index < -0.39 is 17.4 Å². The van der Waals surface area contributed by atoms with Gasteiger partial charge in [0.05, 0.1) is 5.41 Å². The maximum Gasteiger partial charge on any atom is 0.319 e. The molecule has 0 spiro atoms. The summed E-state index contributed by atoms with van der Waals surface area (Å²) in [4.78, 5) is 22.8. The molecule has 0 heterocycles. The molecule has 1 aromatic rings. The van der Waals surface area contributed by atoms with Crippen molar-refractivity contribution >= 4 is 40.3 Å². The third kappa shape index (κ3) is 4.70. The van der Waals surface area contributed by atoms with E-state index in [2.05, 4.69) is 33.2 Å². The maximum atomic E-state index is 11.7. The van der Waals surface area contributed by atoms with Crippen molar-refractivity contribution in [3.8, 4) is 0 Å². The lowest BCUT2D eigenvalue weighted by Gasteiger charge is -2.23. The maximum absolute atomic E-state index is 11.7. The molecule has 0 aliphatic rings. The molecule has 0 aliphatic carbocycles. The molecule has 104 valence electrons. The third-order valence-corrected chi connectivity index (χ3v) is 3.76. The van der Waals surface area contributed by atoms with Gasteiger partial charge in [-0.15, -0.1) is 0 Å². The van der Waals surface area contributed by atoms with Crippen LogP contribution in [-0.2, 0) is 4.79 Å². The van der Waals surface area contributed by atoms with Gasteiger partial charge in [0.25, 0.3) is 0 Å². The second-order valence-corrected chi connectivity index (χ2v) is 5.78. The van der Waals surface area contributed by atoms with Crippen molar-refractivity contribution in [2.24, 2.45) is 5.41 Å². The van der Waals surface area contributed by atoms with Crippen LogP contribution < -0.4 is 10.6 Å². The summed E-state index contributed by atoms with van der Waals surface area (Å²) in [6, 6.07) is 6.93. The molecule has 0 aromatic heterocycles. The summed E-state index contributed by atoms with van der Waals surface area (Å²) in [7, 11) is 0. The van der Waals surface area contributed by atoms with Crippen molar-refractivity contribution in [1.29, 1.82) is 0 Å². The van der Waals surface area contributed by atoms with Crippen LogP contribution in [-0.4, -0.2) is 23.7 Å². The zero-order chi connectivity index (χ0) is 14.5. The van der Waals surface area contributed by atoms with E-state index in [4.69, 9.17) is 5.11 Å². The summed E-state index contributed by atoms with van der Waals surface area (Å²) in [5.41, 5.74) is -0.268. The molecule has 1 unspecified atom stereocenters. The number of halogens is 1. The Balaban J connectivity index is 2.52. The van der Waals surface area contributed by atoms with Crippen LogP contribution in [0.25, 0.3) is 0 Å². The Bertz CT molecular complexity index is 461. The van der Waals surface area contributed by atoms with Crippen molar-refractivity contribution in [1.82, 2.24) is 5.32 Å². The highest BCUT2D eigenvalue weighted by molar-refractivity contribution is 14.1. The Hall–Kier alpha value is -1.31. The monoisotopic (exact) mass is 376 g/mol. The minimum Gasteiger partial charge on any atom is -0.481 e. The number of carboxylic acids is 1. The molecule has 1 rings (SSSR count). The number of urea groups is 1. The number of carboxylic acid groups (broad SMARTS) is 1. The Labute approximate surface area is 125 Å². The molecule has 3 N–H and O–H groups in total. The second-order valence-electron chi connectivity index (χ2n) is 4.53. The molecule has 0 saturated heterocycles. The molecule has 0 fully saturated rings. The molecule has 0 bridgehead atoms. The van der Waals surface area contributed by atoms with Gasteiger partial charge in [-0.2, -0.15) is 0 Å². The van der Waals surface area contributed by atoms with Gasteiger partial charge in [-0.05, 0) is 60.2 Å². The van der Waals surface area contributed by atoms with Crippen molar-refractivity contribution in [2.75, 3.05) is 11.9 Å². The number of aliphatic carboxylic acids is 1. The molecule has 1 atom stereocenters. The van der Waals surface area contributed by atoms with Crippen LogP contribution in [0.2, 0.25) is 0 Å². The number of carbonyl (C=O) groups excluding carboxylic acids is 1. The predicted molar refractivity (Wildman–Crippen MR) is 82.2 cm³/mol. The van der Waals surface area contributed by atoms with Crippen LogP contribution in [0.4, 0.5) is 10.5 Å². The van der Waals surface area contributed by atoms with E-state index in [1.807, 2.05) is 12.1 Å². The number of nitrogens with one attached hydrogen (secondary N) is 2. The number of rotatable bonds is 5. The van der Waals surface area contributed by atoms with E-state index >= 15 is 0 Å². The average Bonchev–Trinajstić information content (AvgIpc) is 2.38. The van der Waals surface area contributed by atoms with Crippen LogP contribution in [0.3, 0.4) is 0 Å². The van der Waals surface area contributed by atoms with Crippen LogP contribution in [0.5, 0.6) is 0 Å². The number of anilines is 1. The molecule has 0 saturated carbocycles. The summed E-state index contributed by atoms with van der Waals surface area (Å²) in [6.45, 7) is 3.49. The van der Waals surface area contributed by atoms with Gasteiger partial charge >= 0.3 is 12.0 Å². The number of hydrogen-bond donors (Lipinski definition) is 3. The standard InChI is InChI=1S/C13H17IN2O3/c1-3-13(2,11(17)18)8-15-12(19)16-10-6-4-9(14)5-7-10/h4-7H,3,8H2,1-2H3,(H,17,18)(H2,15,16,19). The molecule has 5 nitrogen and oxygen atoms in total. The zero-order valence-corrected chi connectivity index (χ0v) is 13.0. The smallest absolute Gasteiger partial charge is 0.319 e. The Morgan fingerprint density at radius 2 is 1.89 bits per heavy atom. The van der Waals surface area contributed by atoms with Crippen molar-refractivity contribution in [3.05, 3.63) is 27.8 Å². The number of benzene rings is 1. The normalized spacial score (nSPS) is 13.4. The largest absolute Gasteiger partial charge is 0.481 e. The third-order valence-electron chi connectivity index (χ3n) is 3.04. The van der Waals surface area contributed by atoms with Gasteiger partial charge in [0, 0.05) is 15.8 Å². The molecule has 6 heteroatoms. The van der Waals surface area contributed by atoms with Gasteiger partial charge in [0.1, 0.15) is 0 Å². The quantitative estimate of drug-likeness (QED) is 0.692. The first-order valence-electron chi connectivity index (χ1n) is 5.91. The lowest BCUT2D eigenvalue weighted by Crippen LogP contribution is -2.42. The summed E-state index contributed by atoms with van der Waals surface area (Å²) in [5.74, 6) is -0.912. The van der Waals surface area contributed by atoms with E-state index in [1.54, 1.807) is 26.0 Å². The van der Waals surface area contributed by atoms with E-state index in [0.29, 0.717) is 12.1 Å². The van der Waals surface area contributed by atoms with E-state index in [-0.39, 0.29) is 6.54 Å². The second kappa shape index (κ2) is 6.74. The SMILES string of the molecule is CCC(C)(CNC(=O)Nc1ccc(I)cc1)C(=O)O. The average molecular weight is 376 g/mol. The van der Waals surface area contributed by atoms with Crippen LogP contribution in [0, 0.1) is 8.99 Å². The summed E-state index contributed by atoms with van der Waals surface area (Å²) in [6.07, 6.45) is 0.451. The zero-order valence-electron chi connectivity index (χ0n) is 10.9. The fraction of sp³-hybridized carbons (Fsp3) is 0.385. The fourth-order valence-electron chi connectivity index (χ4n) is 1.34. The summed E-state index contributed by atoms with van der Waals surface area (Å²) < 4.78 is 1.08. The first-order chi connectivity index (χ1) is 8.87. The number of carbonyl (C=O) groups is 2. The molecule has 1 aromatic carbocycles. The topological polar surface area (TPSA) is 78.4 Å². The van der Waals surface area contributed by atoms with Crippen LogP contribution >= 0.6 is 22.6 Å². The van der Waals surface area contributed by atoms with Crippen LogP contribution in [0.15, 0.2) is 24.3 Å². The van der Waals surface area contributed by atoms with Crippen molar-refractivity contribution < 1.29 is 14.7 Å². The lowest BCUT2D eigenvalue weighted by molar-refractivity contribution is -0.147. The van der Waals surface area contributed by atoms with Crippen molar-refractivity contribution in [3.63, 3.8) is 0 Å². The van der Waals surface area contributed by atoms with Gasteiger partial charge in [-0.25, -0.2) is 4.79 Å². The predicted octanol–water partition coefficient (Wildman–Crippen LogP) is 2.91. The van der Waals surface area contributed by atoms with E-state index in [0.717, 1.165) is 3.57 Å². The molecular formula is C13H17IN2O3. The molecule has 0 aliphatic heterocycles. The van der Waals surface area contributed by atoms with E-state index in [1.165, 1.54) is 0 Å². The van der Waals surface area contributed by atoms with Gasteiger partial charge in [0.2, 0.25) is 0 Å². The van der Waals surface area contributed by atoms with Gasteiger partial charge in [-0.3, -0.25) is 4.79 Å². The minimum atomic E-state index is -0.941. The highest BCUT2D eigenvalue weighted by Crippen LogP contribution is 2.20. The van der Waals surface area contributed by atoms with E-state index in [9.17, 15) is 9.59 Å². The molecule has 0 radical (unpaired) electrons. The molecule has 2 amide bonds. The van der Waals surface area contributed by atoms with Gasteiger partial charge < -0.3 is 15.7 Å². The molecular weight excluding hydrogens is 359 g/mol. The highest BCUT2D eigenvalue weighted by atomic mass is 127. The first-order valence-corrected chi connectivity index (χ1v) is 6.99.